The molecule has 0 aromatic carbocycles. The van der Waals surface area contributed by atoms with Crippen molar-refractivity contribution in [3.05, 3.63) is 16.4 Å². The molecule has 1 aliphatic rings. The Balaban J connectivity index is 1.94. The second-order valence-corrected chi connectivity index (χ2v) is 6.78. The van der Waals surface area contributed by atoms with Crippen LogP contribution in [0.3, 0.4) is 0 Å². The second-order valence-electron chi connectivity index (χ2n) is 4.88. The zero-order chi connectivity index (χ0) is 13.1. The van der Waals surface area contributed by atoms with Gasteiger partial charge in [-0.05, 0) is 25.5 Å². The summed E-state index contributed by atoms with van der Waals surface area (Å²) in [4.78, 5) is 0. The van der Waals surface area contributed by atoms with E-state index < -0.39 is 0 Å². The van der Waals surface area contributed by atoms with E-state index in [-0.39, 0.29) is 0 Å². The van der Waals surface area contributed by atoms with Gasteiger partial charge in [-0.25, -0.2) is 0 Å². The minimum absolute atomic E-state index is 0.626. The zero-order valence-corrected chi connectivity index (χ0v) is 12.9. The van der Waals surface area contributed by atoms with Gasteiger partial charge in [-0.2, -0.15) is 16.9 Å². The molecule has 0 saturated heterocycles. The van der Waals surface area contributed by atoms with Gasteiger partial charge in [0.2, 0.25) is 0 Å². The summed E-state index contributed by atoms with van der Waals surface area (Å²) >= 11 is 8.35. The Kier molecular flexibility index (Phi) is 4.98. The molecule has 1 fully saturated rings. The molecule has 2 atom stereocenters. The van der Waals surface area contributed by atoms with Crippen molar-refractivity contribution in [3.63, 3.8) is 0 Å². The van der Waals surface area contributed by atoms with Crippen LogP contribution in [0.2, 0.25) is 5.02 Å². The lowest BCUT2D eigenvalue weighted by atomic mass is 10.2. The van der Waals surface area contributed by atoms with Gasteiger partial charge in [-0.15, -0.1) is 0 Å². The highest BCUT2D eigenvalue weighted by Gasteiger charge is 2.27. The van der Waals surface area contributed by atoms with Crippen LogP contribution >= 0.6 is 23.4 Å². The van der Waals surface area contributed by atoms with Gasteiger partial charge in [0.25, 0.3) is 0 Å². The van der Waals surface area contributed by atoms with E-state index in [2.05, 4.69) is 29.1 Å². The van der Waals surface area contributed by atoms with Crippen LogP contribution in [0.5, 0.6) is 0 Å². The van der Waals surface area contributed by atoms with E-state index in [1.54, 1.807) is 0 Å². The minimum Gasteiger partial charge on any atom is -0.307 e. The fraction of sp³-hybridized carbons (Fsp3) is 0.769. The van der Waals surface area contributed by atoms with Crippen molar-refractivity contribution < 1.29 is 0 Å². The third-order valence-electron chi connectivity index (χ3n) is 3.63. The molecule has 1 saturated carbocycles. The van der Waals surface area contributed by atoms with Crippen molar-refractivity contribution in [2.24, 2.45) is 7.05 Å². The molecule has 0 aliphatic heterocycles. The van der Waals surface area contributed by atoms with Gasteiger partial charge in [0.15, 0.2) is 0 Å². The maximum absolute atomic E-state index is 6.27. The summed E-state index contributed by atoms with van der Waals surface area (Å²) in [5, 5.41) is 9.59. The van der Waals surface area contributed by atoms with Crippen LogP contribution in [0.1, 0.15) is 37.6 Å². The van der Waals surface area contributed by atoms with E-state index in [0.29, 0.717) is 6.04 Å². The molecule has 1 N–H and O–H groups in total. The molecule has 102 valence electrons. The molecule has 2 unspecified atom stereocenters. The fourth-order valence-electron chi connectivity index (χ4n) is 2.67. The Morgan fingerprint density at radius 3 is 2.89 bits per heavy atom. The number of nitrogens with zero attached hydrogens (tertiary/aromatic N) is 2. The molecular formula is C13H22ClN3S. The zero-order valence-electron chi connectivity index (χ0n) is 11.4. The van der Waals surface area contributed by atoms with Gasteiger partial charge in [0.05, 0.1) is 16.4 Å². The van der Waals surface area contributed by atoms with Crippen molar-refractivity contribution in [2.75, 3.05) is 5.75 Å². The van der Waals surface area contributed by atoms with Gasteiger partial charge >= 0.3 is 0 Å². The van der Waals surface area contributed by atoms with Crippen LogP contribution in [0.4, 0.5) is 0 Å². The predicted octanol–water partition coefficient (Wildman–Crippen LogP) is 3.15. The molecule has 0 radical (unpaired) electrons. The summed E-state index contributed by atoms with van der Waals surface area (Å²) in [7, 11) is 1.96. The van der Waals surface area contributed by atoms with E-state index in [4.69, 9.17) is 11.6 Å². The lowest BCUT2D eigenvalue weighted by molar-refractivity contribution is 0.514. The van der Waals surface area contributed by atoms with Crippen LogP contribution in [0.15, 0.2) is 0 Å². The largest absolute Gasteiger partial charge is 0.307 e. The molecule has 1 heterocycles. The molecule has 2 rings (SSSR count). The molecule has 1 aliphatic carbocycles. The third kappa shape index (κ3) is 3.03. The number of rotatable bonds is 5. The molecule has 5 heteroatoms. The van der Waals surface area contributed by atoms with Crippen molar-refractivity contribution in [1.29, 1.82) is 0 Å². The van der Waals surface area contributed by atoms with Crippen molar-refractivity contribution in [3.8, 4) is 0 Å². The molecule has 0 amide bonds. The first kappa shape index (κ1) is 14.2. The summed E-state index contributed by atoms with van der Waals surface area (Å²) in [6.45, 7) is 5.01. The molecule has 1 aromatic rings. The Morgan fingerprint density at radius 1 is 1.50 bits per heavy atom. The Morgan fingerprint density at radius 2 is 2.28 bits per heavy atom. The summed E-state index contributed by atoms with van der Waals surface area (Å²) < 4.78 is 1.89. The van der Waals surface area contributed by atoms with Gasteiger partial charge in [-0.1, -0.05) is 24.9 Å². The van der Waals surface area contributed by atoms with Crippen LogP contribution in [-0.2, 0) is 13.6 Å². The molecule has 0 spiro atoms. The van der Waals surface area contributed by atoms with E-state index in [0.717, 1.165) is 28.2 Å². The average molecular weight is 288 g/mol. The number of nitrogens with one attached hydrogen (secondary N) is 1. The van der Waals surface area contributed by atoms with Crippen LogP contribution in [-0.4, -0.2) is 26.8 Å². The fourth-order valence-corrected chi connectivity index (χ4v) is 4.13. The van der Waals surface area contributed by atoms with Crippen LogP contribution < -0.4 is 5.32 Å². The van der Waals surface area contributed by atoms with Gasteiger partial charge in [0.1, 0.15) is 0 Å². The highest BCUT2D eigenvalue weighted by atomic mass is 35.5. The van der Waals surface area contributed by atoms with Gasteiger partial charge in [0, 0.05) is 24.9 Å². The Bertz CT molecular complexity index is 405. The van der Waals surface area contributed by atoms with Crippen molar-refractivity contribution >= 4 is 23.4 Å². The summed E-state index contributed by atoms with van der Waals surface area (Å²) in [6.07, 6.45) is 3.97. The standard InChI is InChI=1S/C13H22ClN3S/c1-4-18-12-7-5-6-10(12)15-8-11-13(14)9(2)16-17(11)3/h10,12,15H,4-8H2,1-3H3. The first-order valence-corrected chi connectivity index (χ1v) is 8.09. The van der Waals surface area contributed by atoms with Gasteiger partial charge < -0.3 is 5.32 Å². The third-order valence-corrected chi connectivity index (χ3v) is 5.44. The van der Waals surface area contributed by atoms with E-state index in [9.17, 15) is 0 Å². The first-order chi connectivity index (χ1) is 8.63. The first-order valence-electron chi connectivity index (χ1n) is 6.66. The number of thioether (sulfide) groups is 1. The van der Waals surface area contributed by atoms with Crippen molar-refractivity contribution in [1.82, 2.24) is 15.1 Å². The number of aromatic nitrogens is 2. The number of hydrogen-bond donors (Lipinski definition) is 1. The highest BCUT2D eigenvalue weighted by molar-refractivity contribution is 7.99. The SMILES string of the molecule is CCSC1CCCC1NCc1c(Cl)c(C)nn1C. The number of aryl methyl sites for hydroxylation is 2. The van der Waals surface area contributed by atoms with E-state index in [1.165, 1.54) is 25.0 Å². The summed E-state index contributed by atoms with van der Waals surface area (Å²) in [5.74, 6) is 1.20. The Hall–Kier alpha value is -0.190. The maximum Gasteiger partial charge on any atom is 0.0860 e. The van der Waals surface area contributed by atoms with Crippen molar-refractivity contribution in [2.45, 2.75) is 50.9 Å². The number of halogens is 1. The monoisotopic (exact) mass is 287 g/mol. The average Bonchev–Trinajstić information content (AvgIpc) is 2.85. The topological polar surface area (TPSA) is 29.9 Å². The normalized spacial score (nSPS) is 23.8. The van der Waals surface area contributed by atoms with E-state index in [1.807, 2.05) is 18.7 Å². The molecular weight excluding hydrogens is 266 g/mol. The molecule has 3 nitrogen and oxygen atoms in total. The minimum atomic E-state index is 0.626. The quantitative estimate of drug-likeness (QED) is 0.902. The predicted molar refractivity (Wildman–Crippen MR) is 79.4 cm³/mol. The summed E-state index contributed by atoms with van der Waals surface area (Å²) in [6, 6.07) is 0.626. The van der Waals surface area contributed by atoms with Gasteiger partial charge in [-0.3, -0.25) is 4.68 Å². The van der Waals surface area contributed by atoms with Crippen LogP contribution in [0.25, 0.3) is 0 Å². The Labute approximate surface area is 119 Å². The molecule has 18 heavy (non-hydrogen) atoms. The lowest BCUT2D eigenvalue weighted by Gasteiger charge is -2.20. The molecule has 0 bridgehead atoms. The van der Waals surface area contributed by atoms with Crippen LogP contribution in [0, 0.1) is 6.92 Å². The highest BCUT2D eigenvalue weighted by Crippen LogP contribution is 2.30. The smallest absolute Gasteiger partial charge is 0.0860 e. The molecule has 1 aromatic heterocycles. The number of hydrogen-bond acceptors (Lipinski definition) is 3. The maximum atomic E-state index is 6.27. The second kappa shape index (κ2) is 6.31. The van der Waals surface area contributed by atoms with E-state index >= 15 is 0 Å². The summed E-state index contributed by atoms with van der Waals surface area (Å²) in [5.41, 5.74) is 2.02. The lowest BCUT2D eigenvalue weighted by Crippen LogP contribution is -2.34.